The molecule has 0 aliphatic carbocycles. The summed E-state index contributed by atoms with van der Waals surface area (Å²) in [5.74, 6) is -0.339. The van der Waals surface area contributed by atoms with Crippen LogP contribution in [0.4, 0.5) is 0 Å². The van der Waals surface area contributed by atoms with Crippen molar-refractivity contribution < 1.29 is 14.6 Å². The van der Waals surface area contributed by atoms with E-state index in [9.17, 15) is 4.79 Å². The first-order valence-electron chi connectivity index (χ1n) is 3.70. The number of carboxylic acid groups (broad SMARTS) is 1. The minimum absolute atomic E-state index is 0. The summed E-state index contributed by atoms with van der Waals surface area (Å²) in [6.07, 6.45) is 0. The van der Waals surface area contributed by atoms with Crippen LogP contribution >= 0.6 is 12.4 Å². The largest absolute Gasteiger partial charge is 0.494 e. The molecule has 0 fully saturated rings. The zero-order chi connectivity index (χ0) is 8.97. The molecule has 1 aromatic carbocycles. The second-order valence-corrected chi connectivity index (χ2v) is 2.27. The van der Waals surface area contributed by atoms with Crippen molar-refractivity contribution in [3.63, 3.8) is 0 Å². The lowest BCUT2D eigenvalue weighted by Crippen LogP contribution is -1.97. The Morgan fingerprint density at radius 2 is 2.23 bits per heavy atom. The lowest BCUT2D eigenvalue weighted by atomic mass is 10.2. The Kier molecular flexibility index (Phi) is 4.92. The standard InChI is InChI=1S/C9H10O3.ClH/c1-2-12-8-5-3-4-7(6-8)9(10)11;/h3-6H,2H2,1H3,(H,10,11);1H. The summed E-state index contributed by atoms with van der Waals surface area (Å²) in [4.78, 5) is 10.5. The zero-order valence-corrected chi connectivity index (χ0v) is 8.00. The van der Waals surface area contributed by atoms with E-state index in [1.807, 2.05) is 6.92 Å². The van der Waals surface area contributed by atoms with E-state index in [1.165, 1.54) is 12.1 Å². The van der Waals surface area contributed by atoms with Gasteiger partial charge in [0.25, 0.3) is 0 Å². The van der Waals surface area contributed by atoms with Gasteiger partial charge in [0, 0.05) is 0 Å². The van der Waals surface area contributed by atoms with Crippen LogP contribution in [0.5, 0.6) is 5.75 Å². The fraction of sp³-hybridized carbons (Fsp3) is 0.222. The topological polar surface area (TPSA) is 46.5 Å². The average molecular weight is 203 g/mol. The first kappa shape index (κ1) is 11.8. The lowest BCUT2D eigenvalue weighted by Gasteiger charge is -2.02. The van der Waals surface area contributed by atoms with Crippen molar-refractivity contribution in [2.24, 2.45) is 0 Å². The zero-order valence-electron chi connectivity index (χ0n) is 7.19. The number of aromatic carboxylic acids is 1. The van der Waals surface area contributed by atoms with Crippen LogP contribution in [0.3, 0.4) is 0 Å². The third-order valence-electron chi connectivity index (χ3n) is 1.39. The van der Waals surface area contributed by atoms with Gasteiger partial charge in [0.1, 0.15) is 5.75 Å². The van der Waals surface area contributed by atoms with Crippen molar-refractivity contribution >= 4 is 18.4 Å². The van der Waals surface area contributed by atoms with E-state index in [-0.39, 0.29) is 18.0 Å². The molecular formula is C9H11ClO3. The van der Waals surface area contributed by atoms with Crippen molar-refractivity contribution in [1.29, 1.82) is 0 Å². The van der Waals surface area contributed by atoms with Crippen molar-refractivity contribution in [2.45, 2.75) is 6.92 Å². The molecule has 0 unspecified atom stereocenters. The number of hydrogen-bond acceptors (Lipinski definition) is 2. The Morgan fingerprint density at radius 3 is 2.77 bits per heavy atom. The van der Waals surface area contributed by atoms with Gasteiger partial charge in [-0.15, -0.1) is 12.4 Å². The number of carboxylic acids is 1. The number of carbonyl (C=O) groups is 1. The van der Waals surface area contributed by atoms with Gasteiger partial charge in [0.15, 0.2) is 0 Å². The van der Waals surface area contributed by atoms with Crippen LogP contribution in [0.15, 0.2) is 24.3 Å². The van der Waals surface area contributed by atoms with Gasteiger partial charge in [0.05, 0.1) is 12.2 Å². The quantitative estimate of drug-likeness (QED) is 0.818. The SMILES string of the molecule is CCOc1cccc(C(=O)O)c1.Cl. The van der Waals surface area contributed by atoms with Crippen molar-refractivity contribution in [2.75, 3.05) is 6.61 Å². The van der Waals surface area contributed by atoms with Gasteiger partial charge in [-0.25, -0.2) is 4.79 Å². The van der Waals surface area contributed by atoms with Crippen LogP contribution in [0.1, 0.15) is 17.3 Å². The van der Waals surface area contributed by atoms with E-state index in [0.717, 1.165) is 0 Å². The molecule has 0 aromatic heterocycles. The predicted molar refractivity (Wildman–Crippen MR) is 51.8 cm³/mol. The van der Waals surface area contributed by atoms with E-state index < -0.39 is 5.97 Å². The molecule has 3 nitrogen and oxygen atoms in total. The van der Waals surface area contributed by atoms with Gasteiger partial charge < -0.3 is 9.84 Å². The van der Waals surface area contributed by atoms with E-state index >= 15 is 0 Å². The second kappa shape index (κ2) is 5.43. The highest BCUT2D eigenvalue weighted by Gasteiger charge is 2.02. The Hall–Kier alpha value is -1.22. The monoisotopic (exact) mass is 202 g/mol. The maximum atomic E-state index is 10.5. The third-order valence-corrected chi connectivity index (χ3v) is 1.39. The maximum Gasteiger partial charge on any atom is 0.335 e. The molecule has 0 aliphatic heterocycles. The molecule has 0 spiro atoms. The number of ether oxygens (including phenoxy) is 1. The van der Waals surface area contributed by atoms with Crippen molar-refractivity contribution in [3.8, 4) is 5.75 Å². The Bertz CT molecular complexity index is 286. The first-order valence-corrected chi connectivity index (χ1v) is 3.70. The second-order valence-electron chi connectivity index (χ2n) is 2.27. The van der Waals surface area contributed by atoms with Gasteiger partial charge in [-0.05, 0) is 25.1 Å². The van der Waals surface area contributed by atoms with E-state index in [1.54, 1.807) is 12.1 Å². The maximum absolute atomic E-state index is 10.5. The summed E-state index contributed by atoms with van der Waals surface area (Å²) in [5.41, 5.74) is 0.251. The molecule has 1 N–H and O–H groups in total. The highest BCUT2D eigenvalue weighted by atomic mass is 35.5. The molecule has 0 heterocycles. The molecule has 0 saturated heterocycles. The molecule has 0 radical (unpaired) electrons. The molecule has 0 aliphatic rings. The van der Waals surface area contributed by atoms with Crippen molar-refractivity contribution in [3.05, 3.63) is 29.8 Å². The highest BCUT2D eigenvalue weighted by molar-refractivity contribution is 5.88. The number of rotatable bonds is 3. The normalized spacial score (nSPS) is 8.69. The molecule has 1 aromatic rings. The molecule has 4 heteroatoms. The Balaban J connectivity index is 0.00000144. The van der Waals surface area contributed by atoms with Crippen molar-refractivity contribution in [1.82, 2.24) is 0 Å². The minimum Gasteiger partial charge on any atom is -0.494 e. The van der Waals surface area contributed by atoms with Crippen LogP contribution in [0.2, 0.25) is 0 Å². The molecular weight excluding hydrogens is 192 g/mol. The molecule has 1 rings (SSSR count). The number of benzene rings is 1. The van der Waals surface area contributed by atoms with Crippen LogP contribution < -0.4 is 4.74 Å². The summed E-state index contributed by atoms with van der Waals surface area (Å²) >= 11 is 0. The van der Waals surface area contributed by atoms with Crippen LogP contribution in [0, 0.1) is 0 Å². The summed E-state index contributed by atoms with van der Waals surface area (Å²) in [6.45, 7) is 2.40. The number of hydrogen-bond donors (Lipinski definition) is 1. The van der Waals surface area contributed by atoms with Gasteiger partial charge >= 0.3 is 5.97 Å². The van der Waals surface area contributed by atoms with Crippen LogP contribution in [-0.2, 0) is 0 Å². The summed E-state index contributed by atoms with van der Waals surface area (Å²) < 4.78 is 5.13. The smallest absolute Gasteiger partial charge is 0.335 e. The minimum atomic E-state index is -0.934. The molecule has 0 amide bonds. The van der Waals surface area contributed by atoms with Gasteiger partial charge in [-0.3, -0.25) is 0 Å². The third kappa shape index (κ3) is 3.34. The summed E-state index contributed by atoms with van der Waals surface area (Å²) in [7, 11) is 0. The van der Waals surface area contributed by atoms with E-state index in [4.69, 9.17) is 9.84 Å². The molecule has 13 heavy (non-hydrogen) atoms. The Labute approximate surface area is 82.7 Å². The average Bonchev–Trinajstić information content (AvgIpc) is 2.05. The van der Waals surface area contributed by atoms with Gasteiger partial charge in [-0.2, -0.15) is 0 Å². The molecule has 0 atom stereocenters. The lowest BCUT2D eigenvalue weighted by molar-refractivity contribution is 0.0696. The summed E-state index contributed by atoms with van der Waals surface area (Å²) in [5, 5.41) is 8.62. The fourth-order valence-electron chi connectivity index (χ4n) is 0.886. The molecule has 0 bridgehead atoms. The molecule has 0 saturated carbocycles. The highest BCUT2D eigenvalue weighted by Crippen LogP contribution is 2.12. The first-order chi connectivity index (χ1) is 5.74. The number of halogens is 1. The van der Waals surface area contributed by atoms with E-state index in [2.05, 4.69) is 0 Å². The predicted octanol–water partition coefficient (Wildman–Crippen LogP) is 2.21. The fourth-order valence-corrected chi connectivity index (χ4v) is 0.886. The van der Waals surface area contributed by atoms with Gasteiger partial charge in [0.2, 0.25) is 0 Å². The molecule has 72 valence electrons. The Morgan fingerprint density at radius 1 is 1.54 bits per heavy atom. The van der Waals surface area contributed by atoms with Crippen LogP contribution in [-0.4, -0.2) is 17.7 Å². The van der Waals surface area contributed by atoms with Gasteiger partial charge in [-0.1, -0.05) is 6.07 Å². The van der Waals surface area contributed by atoms with E-state index in [0.29, 0.717) is 12.4 Å². The van der Waals surface area contributed by atoms with Crippen LogP contribution in [0.25, 0.3) is 0 Å². The summed E-state index contributed by atoms with van der Waals surface area (Å²) in [6, 6.07) is 6.43.